The first kappa shape index (κ1) is 11.5. The van der Waals surface area contributed by atoms with Gasteiger partial charge in [-0.2, -0.15) is 0 Å². The van der Waals surface area contributed by atoms with Crippen LogP contribution in [-0.4, -0.2) is 24.2 Å². The molecule has 1 aromatic carbocycles. The molecule has 3 nitrogen and oxygen atoms in total. The van der Waals surface area contributed by atoms with E-state index in [0.717, 1.165) is 19.2 Å². The first-order chi connectivity index (χ1) is 8.60. The van der Waals surface area contributed by atoms with Crippen molar-refractivity contribution in [1.29, 1.82) is 0 Å². The second kappa shape index (κ2) is 3.97. The Kier molecular flexibility index (Phi) is 2.54. The zero-order valence-electron chi connectivity index (χ0n) is 10.2. The highest BCUT2D eigenvalue weighted by Gasteiger charge is 2.45. The van der Waals surface area contributed by atoms with Crippen LogP contribution < -0.4 is 4.90 Å². The summed E-state index contributed by atoms with van der Waals surface area (Å²) >= 11 is 0. The summed E-state index contributed by atoms with van der Waals surface area (Å²) < 4.78 is 13.1. The number of carboxylic acids is 1. The highest BCUT2D eigenvalue weighted by Crippen LogP contribution is 2.47. The van der Waals surface area contributed by atoms with Crippen molar-refractivity contribution in [2.24, 2.45) is 5.41 Å². The topological polar surface area (TPSA) is 40.5 Å². The third-order valence-electron chi connectivity index (χ3n) is 4.25. The molecule has 4 heteroatoms. The van der Waals surface area contributed by atoms with Crippen LogP contribution in [0.4, 0.5) is 10.1 Å². The van der Waals surface area contributed by atoms with Crippen molar-refractivity contribution in [3.63, 3.8) is 0 Å². The van der Waals surface area contributed by atoms with Crippen molar-refractivity contribution in [2.75, 3.05) is 18.0 Å². The van der Waals surface area contributed by atoms with Crippen LogP contribution in [0, 0.1) is 11.2 Å². The Hall–Kier alpha value is -1.58. The number of hydrogen-bond acceptors (Lipinski definition) is 2. The van der Waals surface area contributed by atoms with Crippen LogP contribution in [0.15, 0.2) is 18.2 Å². The Balaban J connectivity index is 1.83. The van der Waals surface area contributed by atoms with Gasteiger partial charge in [-0.25, -0.2) is 9.18 Å². The van der Waals surface area contributed by atoms with E-state index in [1.54, 1.807) is 6.07 Å². The van der Waals surface area contributed by atoms with E-state index < -0.39 is 11.8 Å². The molecule has 0 amide bonds. The Morgan fingerprint density at radius 1 is 1.28 bits per heavy atom. The van der Waals surface area contributed by atoms with E-state index in [1.807, 2.05) is 0 Å². The molecule has 1 N–H and O–H groups in total. The van der Waals surface area contributed by atoms with Crippen LogP contribution in [-0.2, 0) is 0 Å². The molecule has 0 atom stereocenters. The number of nitrogens with zero attached hydrogens (tertiary/aromatic N) is 1. The highest BCUT2D eigenvalue weighted by molar-refractivity contribution is 5.94. The monoisotopic (exact) mass is 249 g/mol. The minimum absolute atomic E-state index is 0.0721. The molecule has 1 heterocycles. The lowest BCUT2D eigenvalue weighted by Crippen LogP contribution is -2.55. The lowest BCUT2D eigenvalue weighted by molar-refractivity contribution is 0.0696. The highest BCUT2D eigenvalue weighted by atomic mass is 19.1. The van der Waals surface area contributed by atoms with Gasteiger partial charge in [0.2, 0.25) is 0 Å². The van der Waals surface area contributed by atoms with E-state index in [1.165, 1.54) is 31.7 Å². The van der Waals surface area contributed by atoms with Gasteiger partial charge in [0.25, 0.3) is 0 Å². The summed E-state index contributed by atoms with van der Waals surface area (Å²) in [4.78, 5) is 13.2. The molecule has 3 rings (SSSR count). The van der Waals surface area contributed by atoms with Gasteiger partial charge in [0.15, 0.2) is 0 Å². The molecule has 0 radical (unpaired) electrons. The Bertz CT molecular complexity index is 487. The minimum atomic E-state index is -1.06. The summed E-state index contributed by atoms with van der Waals surface area (Å²) in [6.07, 6.45) is 5.05. The molecule has 0 bridgehead atoms. The average molecular weight is 249 g/mol. The molecule has 96 valence electrons. The van der Waals surface area contributed by atoms with Gasteiger partial charge in [0.05, 0.1) is 11.3 Å². The van der Waals surface area contributed by atoms with Crippen LogP contribution in [0.3, 0.4) is 0 Å². The number of carbonyl (C=O) groups is 1. The van der Waals surface area contributed by atoms with Gasteiger partial charge in [-0.1, -0.05) is 12.8 Å². The smallest absolute Gasteiger partial charge is 0.337 e. The number of anilines is 1. The zero-order chi connectivity index (χ0) is 12.8. The van der Waals surface area contributed by atoms with Crippen molar-refractivity contribution >= 4 is 11.7 Å². The SMILES string of the molecule is O=C(O)c1cc(F)ccc1N1CC2(CCCC2)C1. The average Bonchev–Trinajstić information content (AvgIpc) is 2.76. The Morgan fingerprint density at radius 2 is 1.94 bits per heavy atom. The lowest BCUT2D eigenvalue weighted by Gasteiger charge is -2.50. The summed E-state index contributed by atoms with van der Waals surface area (Å²) in [6.45, 7) is 1.83. The van der Waals surface area contributed by atoms with Gasteiger partial charge < -0.3 is 10.0 Å². The zero-order valence-corrected chi connectivity index (χ0v) is 10.2. The van der Waals surface area contributed by atoms with Crippen molar-refractivity contribution in [3.8, 4) is 0 Å². The van der Waals surface area contributed by atoms with Gasteiger partial charge >= 0.3 is 5.97 Å². The molecule has 2 fully saturated rings. The summed E-state index contributed by atoms with van der Waals surface area (Å²) in [5.41, 5.74) is 1.13. The molecular formula is C14H16FNO2. The van der Waals surface area contributed by atoms with Gasteiger partial charge in [-0.05, 0) is 31.0 Å². The molecule has 1 saturated heterocycles. The predicted octanol–water partition coefficient (Wildman–Crippen LogP) is 2.90. The van der Waals surface area contributed by atoms with Crippen molar-refractivity contribution in [3.05, 3.63) is 29.6 Å². The van der Waals surface area contributed by atoms with Crippen molar-refractivity contribution in [1.82, 2.24) is 0 Å². The largest absolute Gasteiger partial charge is 0.478 e. The van der Waals surface area contributed by atoms with Crippen molar-refractivity contribution < 1.29 is 14.3 Å². The van der Waals surface area contributed by atoms with Gasteiger partial charge in [0, 0.05) is 18.5 Å². The van der Waals surface area contributed by atoms with Crippen LogP contribution in [0.1, 0.15) is 36.0 Å². The molecule has 1 saturated carbocycles. The van der Waals surface area contributed by atoms with Crippen LogP contribution in [0.25, 0.3) is 0 Å². The molecule has 1 aromatic rings. The third-order valence-corrected chi connectivity index (χ3v) is 4.25. The molecule has 18 heavy (non-hydrogen) atoms. The molecule has 1 spiro atoms. The maximum Gasteiger partial charge on any atom is 0.337 e. The number of aromatic carboxylic acids is 1. The third kappa shape index (κ3) is 1.76. The van der Waals surface area contributed by atoms with Gasteiger partial charge in [0.1, 0.15) is 5.82 Å². The Labute approximate surface area is 105 Å². The predicted molar refractivity (Wildman–Crippen MR) is 66.5 cm³/mol. The van der Waals surface area contributed by atoms with E-state index in [2.05, 4.69) is 4.90 Å². The van der Waals surface area contributed by atoms with E-state index in [9.17, 15) is 9.18 Å². The fraction of sp³-hybridized carbons (Fsp3) is 0.500. The fourth-order valence-corrected chi connectivity index (χ4v) is 3.33. The molecule has 1 aliphatic heterocycles. The van der Waals surface area contributed by atoms with Gasteiger partial charge in [-0.15, -0.1) is 0 Å². The first-order valence-electron chi connectivity index (χ1n) is 6.38. The lowest BCUT2D eigenvalue weighted by atomic mass is 9.78. The number of halogens is 1. The maximum atomic E-state index is 13.1. The molecule has 1 aliphatic carbocycles. The minimum Gasteiger partial charge on any atom is -0.478 e. The fourth-order valence-electron chi connectivity index (χ4n) is 3.33. The molecular weight excluding hydrogens is 233 g/mol. The summed E-state index contributed by atoms with van der Waals surface area (Å²) in [7, 11) is 0. The van der Waals surface area contributed by atoms with Crippen LogP contribution in [0.5, 0.6) is 0 Å². The van der Waals surface area contributed by atoms with E-state index >= 15 is 0 Å². The second-order valence-electron chi connectivity index (χ2n) is 5.53. The quantitative estimate of drug-likeness (QED) is 0.876. The van der Waals surface area contributed by atoms with E-state index in [0.29, 0.717) is 11.1 Å². The normalized spacial score (nSPS) is 21.1. The molecule has 2 aliphatic rings. The van der Waals surface area contributed by atoms with Crippen molar-refractivity contribution in [2.45, 2.75) is 25.7 Å². The number of hydrogen-bond donors (Lipinski definition) is 1. The first-order valence-corrected chi connectivity index (χ1v) is 6.38. The summed E-state index contributed by atoms with van der Waals surface area (Å²) in [5, 5.41) is 9.12. The maximum absolute atomic E-state index is 13.1. The van der Waals surface area contributed by atoms with Crippen LogP contribution >= 0.6 is 0 Å². The number of carboxylic acid groups (broad SMARTS) is 1. The molecule has 0 aromatic heterocycles. The second-order valence-corrected chi connectivity index (χ2v) is 5.53. The Morgan fingerprint density at radius 3 is 2.56 bits per heavy atom. The summed E-state index contributed by atoms with van der Waals surface area (Å²) in [5.74, 6) is -1.55. The standard InChI is InChI=1S/C14H16FNO2/c15-10-3-4-12(11(7-10)13(17)18)16-8-14(9-16)5-1-2-6-14/h3-4,7H,1-2,5-6,8-9H2,(H,17,18). The van der Waals surface area contributed by atoms with E-state index in [-0.39, 0.29) is 5.56 Å². The molecule has 0 unspecified atom stereocenters. The summed E-state index contributed by atoms with van der Waals surface area (Å²) in [6, 6.07) is 4.03. The van der Waals surface area contributed by atoms with E-state index in [4.69, 9.17) is 5.11 Å². The number of rotatable bonds is 2. The number of benzene rings is 1. The van der Waals surface area contributed by atoms with Crippen LogP contribution in [0.2, 0.25) is 0 Å². The van der Waals surface area contributed by atoms with Gasteiger partial charge in [-0.3, -0.25) is 0 Å².